The fraction of sp³-hybridized carbons (Fsp3) is 0.143. The lowest BCUT2D eigenvalue weighted by atomic mass is 10.2. The molecule has 0 aliphatic carbocycles. The van der Waals surface area contributed by atoms with Gasteiger partial charge in [-0.3, -0.25) is 9.36 Å². The van der Waals surface area contributed by atoms with Gasteiger partial charge in [-0.2, -0.15) is 0 Å². The molecule has 0 fully saturated rings. The van der Waals surface area contributed by atoms with Crippen molar-refractivity contribution in [2.24, 2.45) is 4.99 Å². The Morgan fingerprint density at radius 1 is 1.08 bits per heavy atom. The van der Waals surface area contributed by atoms with Crippen LogP contribution in [0.3, 0.4) is 0 Å². The molecule has 3 aromatic rings. The molecule has 4 nitrogen and oxygen atoms in total. The van der Waals surface area contributed by atoms with Crippen LogP contribution in [0, 0.1) is 6.92 Å². The number of aryl methyl sites for hydroxylation is 1. The number of hydrogen-bond donors (Lipinski definition) is 0. The highest BCUT2D eigenvalue weighted by molar-refractivity contribution is 7.07. The minimum absolute atomic E-state index is 0.0169. The van der Waals surface area contributed by atoms with Gasteiger partial charge in [-0.1, -0.05) is 71.5 Å². The number of hydrogen-bond acceptors (Lipinski definition) is 4. The first kappa shape index (κ1) is 16.5. The van der Waals surface area contributed by atoms with Gasteiger partial charge < -0.3 is 4.90 Å². The minimum Gasteiger partial charge on any atom is -0.334 e. The van der Waals surface area contributed by atoms with Crippen LogP contribution in [0.2, 0.25) is 0 Å². The molecule has 1 aliphatic heterocycles. The third kappa shape index (κ3) is 3.39. The van der Waals surface area contributed by atoms with Gasteiger partial charge in [0, 0.05) is 5.69 Å². The zero-order valence-electron chi connectivity index (χ0n) is 14.5. The van der Waals surface area contributed by atoms with Gasteiger partial charge in [0.25, 0.3) is 5.56 Å². The van der Waals surface area contributed by atoms with Crippen molar-refractivity contribution in [2.75, 3.05) is 11.6 Å². The van der Waals surface area contributed by atoms with Crippen molar-refractivity contribution in [1.82, 2.24) is 4.57 Å². The van der Waals surface area contributed by atoms with Crippen molar-refractivity contribution in [1.29, 1.82) is 0 Å². The maximum absolute atomic E-state index is 12.7. The van der Waals surface area contributed by atoms with E-state index in [1.807, 2.05) is 48.6 Å². The third-order valence-electron chi connectivity index (χ3n) is 4.31. The highest BCUT2D eigenvalue weighted by Gasteiger charge is 2.15. The van der Waals surface area contributed by atoms with Crippen molar-refractivity contribution in [3.63, 3.8) is 0 Å². The lowest BCUT2D eigenvalue weighted by Crippen LogP contribution is -2.42. The predicted octanol–water partition coefficient (Wildman–Crippen LogP) is 2.77. The van der Waals surface area contributed by atoms with Gasteiger partial charge in [-0.15, -0.1) is 0 Å². The molecule has 1 aliphatic rings. The fourth-order valence-electron chi connectivity index (χ4n) is 2.86. The number of aromatic nitrogens is 1. The van der Waals surface area contributed by atoms with Gasteiger partial charge >= 0.3 is 0 Å². The van der Waals surface area contributed by atoms with Gasteiger partial charge in [0.1, 0.15) is 13.3 Å². The topological polar surface area (TPSA) is 37.6 Å². The van der Waals surface area contributed by atoms with Crippen LogP contribution < -0.4 is 19.8 Å². The fourth-order valence-corrected chi connectivity index (χ4v) is 3.77. The molecule has 1 aromatic heterocycles. The van der Waals surface area contributed by atoms with Crippen LogP contribution in [0.25, 0.3) is 12.2 Å². The Kier molecular flexibility index (Phi) is 4.54. The molecule has 130 valence electrons. The second kappa shape index (κ2) is 7.14. The molecule has 0 amide bonds. The van der Waals surface area contributed by atoms with E-state index in [9.17, 15) is 4.79 Å². The van der Waals surface area contributed by atoms with Gasteiger partial charge in [-0.05, 0) is 30.7 Å². The van der Waals surface area contributed by atoms with Gasteiger partial charge in [-0.25, -0.2) is 4.99 Å². The van der Waals surface area contributed by atoms with E-state index in [4.69, 9.17) is 0 Å². The molecular formula is C21H19N3OS. The monoisotopic (exact) mass is 361 g/mol. The number of allylic oxidation sites excluding steroid dienone is 1. The Morgan fingerprint density at radius 3 is 2.62 bits per heavy atom. The summed E-state index contributed by atoms with van der Waals surface area (Å²) in [4.78, 5) is 20.2. The molecular weight excluding hydrogens is 342 g/mol. The van der Waals surface area contributed by atoms with Crippen LogP contribution in [0.15, 0.2) is 70.5 Å². The molecule has 5 heteroatoms. The lowest BCUT2D eigenvalue weighted by Gasteiger charge is -2.25. The van der Waals surface area contributed by atoms with E-state index >= 15 is 0 Å². The molecule has 0 spiro atoms. The van der Waals surface area contributed by atoms with Crippen LogP contribution in [0.5, 0.6) is 0 Å². The van der Waals surface area contributed by atoms with Crippen molar-refractivity contribution in [3.8, 4) is 0 Å². The summed E-state index contributed by atoms with van der Waals surface area (Å²) in [7, 11) is 0. The van der Waals surface area contributed by atoms with Crippen LogP contribution in [0.4, 0.5) is 5.69 Å². The summed E-state index contributed by atoms with van der Waals surface area (Å²) in [6, 6.07) is 18.3. The minimum atomic E-state index is 0.0169. The van der Waals surface area contributed by atoms with E-state index in [1.54, 1.807) is 4.57 Å². The summed E-state index contributed by atoms with van der Waals surface area (Å²) in [5, 5.41) is 0. The molecule has 2 aromatic carbocycles. The maximum atomic E-state index is 12.7. The zero-order valence-corrected chi connectivity index (χ0v) is 15.3. The Bertz CT molecular complexity index is 1110. The number of rotatable bonds is 3. The summed E-state index contributed by atoms with van der Waals surface area (Å²) < 4.78 is 2.46. The predicted molar refractivity (Wildman–Crippen MR) is 108 cm³/mol. The second-order valence-electron chi connectivity index (χ2n) is 6.23. The van der Waals surface area contributed by atoms with Gasteiger partial charge in [0.15, 0.2) is 4.80 Å². The molecule has 0 atom stereocenters. The van der Waals surface area contributed by atoms with E-state index in [-0.39, 0.29) is 5.56 Å². The van der Waals surface area contributed by atoms with Crippen molar-refractivity contribution in [2.45, 2.75) is 13.6 Å². The van der Waals surface area contributed by atoms with Gasteiger partial charge in [0.2, 0.25) is 0 Å². The molecule has 0 bridgehead atoms. The molecule has 2 heterocycles. The normalized spacial score (nSPS) is 14.5. The molecule has 0 saturated heterocycles. The van der Waals surface area contributed by atoms with Crippen LogP contribution in [0.1, 0.15) is 11.1 Å². The molecule has 0 unspecified atom stereocenters. The standard InChI is InChI=1S/C21H19N3OS/c1-16-10-12-18(13-11-16)23-14-22-21-24(15-23)20(25)19(26-21)9-5-8-17-6-3-2-4-7-17/h2-13H,14-15H2,1H3/b8-5+,19-9-. The molecule has 0 radical (unpaired) electrons. The zero-order chi connectivity index (χ0) is 17.9. The number of thiazole rings is 1. The Balaban J connectivity index is 1.61. The first-order valence-corrected chi connectivity index (χ1v) is 9.31. The average Bonchev–Trinajstić information content (AvgIpc) is 2.99. The van der Waals surface area contributed by atoms with E-state index < -0.39 is 0 Å². The van der Waals surface area contributed by atoms with E-state index in [0.29, 0.717) is 17.9 Å². The molecule has 0 N–H and O–H groups in total. The Morgan fingerprint density at radius 2 is 1.85 bits per heavy atom. The van der Waals surface area contributed by atoms with E-state index in [1.165, 1.54) is 16.9 Å². The highest BCUT2D eigenvalue weighted by atomic mass is 32.1. The Hall–Kier alpha value is -2.92. The molecule has 4 rings (SSSR count). The number of fused-ring (bicyclic) bond motifs is 1. The summed E-state index contributed by atoms with van der Waals surface area (Å²) in [5.41, 5.74) is 3.43. The smallest absolute Gasteiger partial charge is 0.271 e. The molecule has 0 saturated carbocycles. The van der Waals surface area contributed by atoms with Gasteiger partial charge in [0.05, 0.1) is 4.53 Å². The highest BCUT2D eigenvalue weighted by Crippen LogP contribution is 2.16. The van der Waals surface area contributed by atoms with Crippen LogP contribution >= 0.6 is 11.3 Å². The first-order valence-electron chi connectivity index (χ1n) is 8.50. The van der Waals surface area contributed by atoms with Crippen molar-refractivity contribution in [3.05, 3.63) is 91.5 Å². The Labute approximate surface area is 155 Å². The first-order chi connectivity index (χ1) is 12.7. The number of benzene rings is 2. The van der Waals surface area contributed by atoms with E-state index in [2.05, 4.69) is 41.1 Å². The summed E-state index contributed by atoms with van der Waals surface area (Å²) in [6.07, 6.45) is 5.79. The lowest BCUT2D eigenvalue weighted by molar-refractivity contribution is 0.569. The maximum Gasteiger partial charge on any atom is 0.271 e. The van der Waals surface area contributed by atoms with Crippen LogP contribution in [-0.2, 0) is 6.67 Å². The largest absolute Gasteiger partial charge is 0.334 e. The summed E-state index contributed by atoms with van der Waals surface area (Å²) >= 11 is 1.45. The van der Waals surface area contributed by atoms with E-state index in [0.717, 1.165) is 16.1 Å². The van der Waals surface area contributed by atoms with Crippen molar-refractivity contribution < 1.29 is 0 Å². The number of nitrogens with zero attached hydrogens (tertiary/aromatic N) is 3. The third-order valence-corrected chi connectivity index (χ3v) is 5.37. The summed E-state index contributed by atoms with van der Waals surface area (Å²) in [6.45, 7) is 3.17. The molecule has 26 heavy (non-hydrogen) atoms. The SMILES string of the molecule is Cc1ccc(N2CN=c3s/c(=C\C=C\c4ccccc4)c(=O)n3C2)cc1. The summed E-state index contributed by atoms with van der Waals surface area (Å²) in [5.74, 6) is 0. The number of anilines is 1. The quantitative estimate of drug-likeness (QED) is 0.719. The second-order valence-corrected chi connectivity index (χ2v) is 7.24. The average molecular weight is 361 g/mol. The van der Waals surface area contributed by atoms with Crippen LogP contribution in [-0.4, -0.2) is 11.2 Å². The van der Waals surface area contributed by atoms with Crippen molar-refractivity contribution >= 4 is 29.2 Å².